The lowest BCUT2D eigenvalue weighted by atomic mass is 10.2. The summed E-state index contributed by atoms with van der Waals surface area (Å²) in [4.78, 5) is 18.3. The van der Waals surface area contributed by atoms with Crippen LogP contribution < -0.4 is 9.62 Å². The van der Waals surface area contributed by atoms with Crippen molar-refractivity contribution < 1.29 is 13.2 Å². The Kier molecular flexibility index (Phi) is 4.75. The van der Waals surface area contributed by atoms with Gasteiger partial charge in [-0.3, -0.25) is 9.52 Å². The second kappa shape index (κ2) is 7.47. The van der Waals surface area contributed by atoms with Gasteiger partial charge in [-0.1, -0.05) is 24.3 Å². The van der Waals surface area contributed by atoms with Gasteiger partial charge in [0.2, 0.25) is 5.91 Å². The van der Waals surface area contributed by atoms with Crippen molar-refractivity contribution in [2.75, 3.05) is 16.2 Å². The van der Waals surface area contributed by atoms with Crippen LogP contribution in [0, 0.1) is 0 Å². The number of nitrogens with one attached hydrogen (secondary N) is 1. The van der Waals surface area contributed by atoms with Crippen LogP contribution in [0.5, 0.6) is 0 Å². The highest BCUT2D eigenvalue weighted by atomic mass is 32.2. The fraction of sp³-hybridized carbons (Fsp3) is 0.130. The first-order valence-corrected chi connectivity index (χ1v) is 12.1. The number of thiazole rings is 1. The molecule has 31 heavy (non-hydrogen) atoms. The molecule has 0 bridgehead atoms. The monoisotopic (exact) mass is 449 g/mol. The van der Waals surface area contributed by atoms with E-state index in [1.54, 1.807) is 35.2 Å². The molecule has 1 N–H and O–H groups in total. The number of sulfonamides is 1. The number of aromatic nitrogens is 1. The molecule has 1 aliphatic rings. The smallest absolute Gasteiger partial charge is 0.261 e. The summed E-state index contributed by atoms with van der Waals surface area (Å²) in [5, 5.41) is 0.755. The fourth-order valence-corrected chi connectivity index (χ4v) is 5.96. The van der Waals surface area contributed by atoms with Crippen LogP contribution in [-0.2, 0) is 21.2 Å². The molecule has 0 saturated carbocycles. The van der Waals surface area contributed by atoms with Crippen LogP contribution in [0.3, 0.4) is 0 Å². The van der Waals surface area contributed by atoms with E-state index < -0.39 is 10.0 Å². The molecular formula is C23H19N3O3S2. The van der Waals surface area contributed by atoms with Crippen LogP contribution in [0.2, 0.25) is 0 Å². The van der Waals surface area contributed by atoms with Gasteiger partial charge >= 0.3 is 0 Å². The van der Waals surface area contributed by atoms with Gasteiger partial charge in [0.05, 0.1) is 20.8 Å². The van der Waals surface area contributed by atoms with Crippen LogP contribution in [-0.4, -0.2) is 25.9 Å². The number of carbonyl (C=O) groups excluding carboxylic acids is 1. The number of benzene rings is 3. The van der Waals surface area contributed by atoms with Crippen molar-refractivity contribution in [2.24, 2.45) is 0 Å². The predicted molar refractivity (Wildman–Crippen MR) is 124 cm³/mol. The summed E-state index contributed by atoms with van der Waals surface area (Å²) in [6, 6.07) is 20.0. The Morgan fingerprint density at radius 3 is 2.65 bits per heavy atom. The van der Waals surface area contributed by atoms with E-state index in [0.717, 1.165) is 32.0 Å². The van der Waals surface area contributed by atoms with Crippen molar-refractivity contribution in [3.05, 3.63) is 72.3 Å². The molecule has 0 fully saturated rings. The van der Waals surface area contributed by atoms with Gasteiger partial charge in [-0.25, -0.2) is 13.4 Å². The Hall–Kier alpha value is -3.23. The van der Waals surface area contributed by atoms with Crippen LogP contribution >= 0.6 is 11.3 Å². The molecule has 0 saturated heterocycles. The highest BCUT2D eigenvalue weighted by Crippen LogP contribution is 2.36. The van der Waals surface area contributed by atoms with Gasteiger partial charge < -0.3 is 4.90 Å². The van der Waals surface area contributed by atoms with E-state index in [1.807, 2.05) is 36.4 Å². The number of fused-ring (bicyclic) bond motifs is 2. The number of hydrogen-bond donors (Lipinski definition) is 1. The molecule has 8 heteroatoms. The normalized spacial score (nSPS) is 13.4. The average Bonchev–Trinajstić information content (AvgIpc) is 3.37. The minimum absolute atomic E-state index is 0.0442. The topological polar surface area (TPSA) is 79.4 Å². The van der Waals surface area contributed by atoms with E-state index in [4.69, 9.17) is 0 Å². The van der Waals surface area contributed by atoms with Gasteiger partial charge in [0, 0.05) is 24.7 Å². The number of anilines is 2. The van der Waals surface area contributed by atoms with Crippen LogP contribution in [0.15, 0.2) is 71.6 Å². The maximum Gasteiger partial charge on any atom is 0.261 e. The lowest BCUT2D eigenvalue weighted by Gasteiger charge is -2.15. The molecule has 4 aromatic rings. The van der Waals surface area contributed by atoms with Gasteiger partial charge in [-0.15, -0.1) is 11.3 Å². The van der Waals surface area contributed by atoms with Gasteiger partial charge in [-0.05, 0) is 54.4 Å². The molecule has 5 rings (SSSR count). The summed E-state index contributed by atoms with van der Waals surface area (Å²) in [7, 11) is -3.81. The first-order valence-electron chi connectivity index (χ1n) is 9.81. The van der Waals surface area contributed by atoms with Crippen molar-refractivity contribution in [1.82, 2.24) is 4.98 Å². The maximum atomic E-state index is 13.2. The Labute approximate surface area is 184 Å². The molecule has 0 aliphatic carbocycles. The molecule has 3 aromatic carbocycles. The second-order valence-electron chi connectivity index (χ2n) is 7.35. The zero-order valence-electron chi connectivity index (χ0n) is 16.7. The van der Waals surface area contributed by atoms with E-state index in [0.29, 0.717) is 18.7 Å². The minimum atomic E-state index is -3.81. The molecular weight excluding hydrogens is 430 g/mol. The number of amides is 1. The number of rotatable bonds is 4. The van der Waals surface area contributed by atoms with E-state index in [9.17, 15) is 13.2 Å². The molecule has 6 nitrogen and oxygen atoms in total. The lowest BCUT2D eigenvalue weighted by Crippen LogP contribution is -2.25. The quantitative estimate of drug-likeness (QED) is 0.491. The van der Waals surface area contributed by atoms with Crippen LogP contribution in [0.4, 0.5) is 11.4 Å². The Bertz CT molecular complexity index is 1390. The third kappa shape index (κ3) is 3.58. The predicted octanol–water partition coefficient (Wildman–Crippen LogP) is 4.67. The van der Waals surface area contributed by atoms with Crippen molar-refractivity contribution in [1.29, 1.82) is 0 Å². The molecule has 0 unspecified atom stereocenters. The summed E-state index contributed by atoms with van der Waals surface area (Å²) in [5.74, 6) is -0.0442. The van der Waals surface area contributed by atoms with E-state index in [2.05, 4.69) is 9.71 Å². The number of para-hydroxylation sites is 2. The SMILES string of the molecule is CC(=O)N1CCc2cc(S(=O)(=O)Nc3ccccc3-c3nc4ccccc4s3)ccc21. The molecule has 0 radical (unpaired) electrons. The number of carbonyl (C=O) groups is 1. The van der Waals surface area contributed by atoms with E-state index in [1.165, 1.54) is 18.3 Å². The highest BCUT2D eigenvalue weighted by Gasteiger charge is 2.25. The zero-order valence-corrected chi connectivity index (χ0v) is 18.3. The molecule has 1 amide bonds. The standard InChI is InChI=1S/C23H19N3O3S2/c1-15(27)26-13-12-16-14-17(10-11-21(16)26)31(28,29)25-19-7-3-2-6-18(19)23-24-20-8-4-5-9-22(20)30-23/h2-11,14,25H,12-13H2,1H3. The molecule has 2 heterocycles. The molecule has 1 aromatic heterocycles. The van der Waals surface area contributed by atoms with Gasteiger partial charge in [0.1, 0.15) is 5.01 Å². The zero-order chi connectivity index (χ0) is 21.6. The Morgan fingerprint density at radius 2 is 1.84 bits per heavy atom. The Morgan fingerprint density at radius 1 is 1.06 bits per heavy atom. The van der Waals surface area contributed by atoms with Crippen molar-refractivity contribution in [3.63, 3.8) is 0 Å². The maximum absolute atomic E-state index is 13.2. The molecule has 156 valence electrons. The first kappa shape index (κ1) is 19.7. The van der Waals surface area contributed by atoms with Crippen LogP contribution in [0.25, 0.3) is 20.8 Å². The second-order valence-corrected chi connectivity index (χ2v) is 10.1. The summed E-state index contributed by atoms with van der Waals surface area (Å²) in [6.45, 7) is 2.09. The minimum Gasteiger partial charge on any atom is -0.312 e. The average molecular weight is 450 g/mol. The lowest BCUT2D eigenvalue weighted by molar-refractivity contribution is -0.116. The molecule has 0 spiro atoms. The summed E-state index contributed by atoms with van der Waals surface area (Å²) in [6.07, 6.45) is 0.639. The van der Waals surface area contributed by atoms with Crippen molar-refractivity contribution in [2.45, 2.75) is 18.2 Å². The van der Waals surface area contributed by atoms with Gasteiger partial charge in [0.25, 0.3) is 10.0 Å². The van der Waals surface area contributed by atoms with Crippen molar-refractivity contribution >= 4 is 48.9 Å². The van der Waals surface area contributed by atoms with E-state index in [-0.39, 0.29) is 10.8 Å². The Balaban J connectivity index is 1.50. The summed E-state index contributed by atoms with van der Waals surface area (Å²) in [5.41, 5.74) is 3.73. The number of hydrogen-bond acceptors (Lipinski definition) is 5. The summed E-state index contributed by atoms with van der Waals surface area (Å²) < 4.78 is 30.1. The first-order chi connectivity index (χ1) is 14.9. The number of nitrogens with zero attached hydrogens (tertiary/aromatic N) is 2. The van der Waals surface area contributed by atoms with Crippen LogP contribution in [0.1, 0.15) is 12.5 Å². The third-order valence-electron chi connectivity index (χ3n) is 5.33. The fourth-order valence-electron chi connectivity index (χ4n) is 3.82. The van der Waals surface area contributed by atoms with Gasteiger partial charge in [-0.2, -0.15) is 0 Å². The largest absolute Gasteiger partial charge is 0.312 e. The third-order valence-corrected chi connectivity index (χ3v) is 7.77. The molecule has 1 aliphatic heterocycles. The van der Waals surface area contributed by atoms with E-state index >= 15 is 0 Å². The highest BCUT2D eigenvalue weighted by molar-refractivity contribution is 7.92. The summed E-state index contributed by atoms with van der Waals surface area (Å²) >= 11 is 1.52. The van der Waals surface area contributed by atoms with Crippen molar-refractivity contribution in [3.8, 4) is 10.6 Å². The molecule has 0 atom stereocenters. The van der Waals surface area contributed by atoms with Gasteiger partial charge in [0.15, 0.2) is 0 Å².